The standard InChI is InChI=1S/C11H9ClN2OS/c1-2-9-8(6-15)14-11(16-9)7-3-4-13-10(12)5-7/h3-6H,2H2,1H3. The third kappa shape index (κ3) is 2.13. The SMILES string of the molecule is CCc1sc(-c2ccnc(Cl)c2)nc1C=O. The smallest absolute Gasteiger partial charge is 0.169 e. The Balaban J connectivity index is 2.48. The molecule has 0 saturated heterocycles. The summed E-state index contributed by atoms with van der Waals surface area (Å²) in [7, 11) is 0. The van der Waals surface area contributed by atoms with Crippen LogP contribution in [0.5, 0.6) is 0 Å². The molecule has 0 saturated carbocycles. The van der Waals surface area contributed by atoms with Crippen molar-refractivity contribution < 1.29 is 4.79 Å². The fourth-order valence-electron chi connectivity index (χ4n) is 1.37. The molecule has 0 aliphatic rings. The molecule has 0 atom stereocenters. The second-order valence-electron chi connectivity index (χ2n) is 3.17. The fourth-order valence-corrected chi connectivity index (χ4v) is 2.51. The maximum Gasteiger partial charge on any atom is 0.169 e. The van der Waals surface area contributed by atoms with Crippen LogP contribution in [0.1, 0.15) is 22.3 Å². The van der Waals surface area contributed by atoms with Crippen molar-refractivity contribution in [1.29, 1.82) is 0 Å². The van der Waals surface area contributed by atoms with Gasteiger partial charge >= 0.3 is 0 Å². The van der Waals surface area contributed by atoms with E-state index in [2.05, 4.69) is 9.97 Å². The predicted molar refractivity (Wildman–Crippen MR) is 65.1 cm³/mol. The molecular formula is C11H9ClN2OS. The van der Waals surface area contributed by atoms with Crippen LogP contribution < -0.4 is 0 Å². The number of aryl methyl sites for hydroxylation is 1. The molecule has 0 radical (unpaired) electrons. The highest BCUT2D eigenvalue weighted by molar-refractivity contribution is 7.15. The lowest BCUT2D eigenvalue weighted by molar-refractivity contribution is 0.111. The zero-order valence-electron chi connectivity index (χ0n) is 8.61. The summed E-state index contributed by atoms with van der Waals surface area (Å²) in [4.78, 5) is 20.0. The lowest BCUT2D eigenvalue weighted by Gasteiger charge is -1.94. The maximum absolute atomic E-state index is 10.8. The average Bonchev–Trinajstić information content (AvgIpc) is 2.72. The number of aromatic nitrogens is 2. The number of pyridine rings is 1. The summed E-state index contributed by atoms with van der Waals surface area (Å²) in [6, 6.07) is 3.58. The Kier molecular flexibility index (Phi) is 3.31. The number of carbonyl (C=O) groups is 1. The summed E-state index contributed by atoms with van der Waals surface area (Å²) in [6.45, 7) is 2.00. The van der Waals surface area contributed by atoms with Gasteiger partial charge < -0.3 is 0 Å². The monoisotopic (exact) mass is 252 g/mol. The molecule has 0 unspecified atom stereocenters. The van der Waals surface area contributed by atoms with E-state index in [9.17, 15) is 4.79 Å². The molecule has 0 aromatic carbocycles. The van der Waals surface area contributed by atoms with E-state index < -0.39 is 0 Å². The van der Waals surface area contributed by atoms with E-state index in [1.807, 2.05) is 13.0 Å². The highest BCUT2D eigenvalue weighted by atomic mass is 35.5. The van der Waals surface area contributed by atoms with Crippen molar-refractivity contribution in [2.75, 3.05) is 0 Å². The molecule has 2 aromatic rings. The van der Waals surface area contributed by atoms with Gasteiger partial charge in [-0.15, -0.1) is 11.3 Å². The molecule has 16 heavy (non-hydrogen) atoms. The molecule has 0 spiro atoms. The number of rotatable bonds is 3. The van der Waals surface area contributed by atoms with Gasteiger partial charge in [0, 0.05) is 16.6 Å². The second-order valence-corrected chi connectivity index (χ2v) is 4.64. The van der Waals surface area contributed by atoms with Gasteiger partial charge in [-0.3, -0.25) is 4.79 Å². The van der Waals surface area contributed by atoms with E-state index in [-0.39, 0.29) is 0 Å². The summed E-state index contributed by atoms with van der Waals surface area (Å²) in [5.74, 6) is 0. The fraction of sp³-hybridized carbons (Fsp3) is 0.182. The van der Waals surface area contributed by atoms with Crippen LogP contribution in [0.25, 0.3) is 10.6 Å². The number of hydrogen-bond donors (Lipinski definition) is 0. The highest BCUT2D eigenvalue weighted by Crippen LogP contribution is 2.28. The highest BCUT2D eigenvalue weighted by Gasteiger charge is 2.10. The van der Waals surface area contributed by atoms with Crippen molar-refractivity contribution in [3.63, 3.8) is 0 Å². The van der Waals surface area contributed by atoms with Crippen molar-refractivity contribution in [1.82, 2.24) is 9.97 Å². The minimum atomic E-state index is 0.429. The largest absolute Gasteiger partial charge is 0.296 e. The van der Waals surface area contributed by atoms with Gasteiger partial charge in [-0.25, -0.2) is 9.97 Å². The Morgan fingerprint density at radius 2 is 2.38 bits per heavy atom. The predicted octanol–water partition coefficient (Wildman–Crippen LogP) is 3.23. The van der Waals surface area contributed by atoms with E-state index in [1.54, 1.807) is 12.3 Å². The molecule has 0 aliphatic carbocycles. The van der Waals surface area contributed by atoms with Crippen LogP contribution in [0, 0.1) is 0 Å². The van der Waals surface area contributed by atoms with Crippen molar-refractivity contribution in [2.45, 2.75) is 13.3 Å². The molecule has 0 fully saturated rings. The third-order valence-corrected chi connectivity index (χ3v) is 3.61. The van der Waals surface area contributed by atoms with Crippen LogP contribution in [-0.4, -0.2) is 16.3 Å². The van der Waals surface area contributed by atoms with Crippen LogP contribution in [-0.2, 0) is 6.42 Å². The Morgan fingerprint density at radius 3 is 2.94 bits per heavy atom. The number of halogens is 1. The molecule has 2 aromatic heterocycles. The van der Waals surface area contributed by atoms with Gasteiger partial charge in [0.1, 0.15) is 15.9 Å². The molecule has 0 aliphatic heterocycles. The van der Waals surface area contributed by atoms with E-state index >= 15 is 0 Å². The Labute approximate surface area is 102 Å². The topological polar surface area (TPSA) is 42.9 Å². The number of hydrogen-bond acceptors (Lipinski definition) is 4. The molecule has 0 bridgehead atoms. The first-order valence-electron chi connectivity index (χ1n) is 4.81. The molecule has 2 heterocycles. The second kappa shape index (κ2) is 4.72. The minimum absolute atomic E-state index is 0.429. The van der Waals surface area contributed by atoms with Gasteiger partial charge in [0.15, 0.2) is 6.29 Å². The van der Waals surface area contributed by atoms with Crippen LogP contribution in [0.4, 0.5) is 0 Å². The van der Waals surface area contributed by atoms with Crippen molar-refractivity contribution in [2.24, 2.45) is 0 Å². The Morgan fingerprint density at radius 1 is 1.56 bits per heavy atom. The molecule has 2 rings (SSSR count). The van der Waals surface area contributed by atoms with Crippen LogP contribution in [0.3, 0.4) is 0 Å². The van der Waals surface area contributed by atoms with E-state index in [0.717, 1.165) is 28.2 Å². The summed E-state index contributed by atoms with van der Waals surface area (Å²) in [5, 5.41) is 1.24. The minimum Gasteiger partial charge on any atom is -0.296 e. The summed E-state index contributed by atoms with van der Waals surface area (Å²) >= 11 is 7.32. The van der Waals surface area contributed by atoms with Gasteiger partial charge in [0.25, 0.3) is 0 Å². The van der Waals surface area contributed by atoms with Crippen molar-refractivity contribution in [3.8, 4) is 10.6 Å². The molecule has 3 nitrogen and oxygen atoms in total. The first-order chi connectivity index (χ1) is 7.74. The average molecular weight is 253 g/mol. The first kappa shape index (κ1) is 11.2. The zero-order chi connectivity index (χ0) is 11.5. The van der Waals surface area contributed by atoms with Gasteiger partial charge in [-0.2, -0.15) is 0 Å². The summed E-state index contributed by atoms with van der Waals surface area (Å²) in [5.41, 5.74) is 1.42. The quantitative estimate of drug-likeness (QED) is 0.622. The Bertz CT molecular complexity index is 524. The van der Waals surface area contributed by atoms with E-state index in [4.69, 9.17) is 11.6 Å². The number of carbonyl (C=O) groups excluding carboxylic acids is 1. The molecule has 82 valence electrons. The zero-order valence-corrected chi connectivity index (χ0v) is 10.2. The third-order valence-electron chi connectivity index (χ3n) is 2.13. The van der Waals surface area contributed by atoms with Gasteiger partial charge in [-0.1, -0.05) is 18.5 Å². The Hall–Kier alpha value is -1.26. The van der Waals surface area contributed by atoms with Crippen molar-refractivity contribution in [3.05, 3.63) is 34.1 Å². The van der Waals surface area contributed by atoms with E-state index in [1.165, 1.54) is 11.3 Å². The molecule has 5 heteroatoms. The number of nitrogens with zero attached hydrogens (tertiary/aromatic N) is 2. The van der Waals surface area contributed by atoms with Crippen LogP contribution in [0.2, 0.25) is 5.15 Å². The molecule has 0 amide bonds. The molecular weight excluding hydrogens is 244 g/mol. The van der Waals surface area contributed by atoms with Crippen molar-refractivity contribution >= 4 is 29.2 Å². The first-order valence-corrected chi connectivity index (χ1v) is 6.01. The summed E-state index contributed by atoms with van der Waals surface area (Å²) < 4.78 is 0. The normalized spacial score (nSPS) is 10.4. The van der Waals surface area contributed by atoms with Gasteiger partial charge in [0.05, 0.1) is 0 Å². The molecule has 0 N–H and O–H groups in total. The lowest BCUT2D eigenvalue weighted by Crippen LogP contribution is -1.85. The summed E-state index contributed by atoms with van der Waals surface area (Å²) in [6.07, 6.45) is 3.23. The maximum atomic E-state index is 10.8. The van der Waals surface area contributed by atoms with Gasteiger partial charge in [0.2, 0.25) is 0 Å². The lowest BCUT2D eigenvalue weighted by atomic mass is 10.3. The van der Waals surface area contributed by atoms with E-state index in [0.29, 0.717) is 10.8 Å². The number of thiazole rings is 1. The van der Waals surface area contributed by atoms with Crippen LogP contribution in [0.15, 0.2) is 18.3 Å². The van der Waals surface area contributed by atoms with Crippen LogP contribution >= 0.6 is 22.9 Å². The number of aldehydes is 1. The van der Waals surface area contributed by atoms with Gasteiger partial charge in [-0.05, 0) is 18.6 Å².